The standard InChI is InChI=1S/C14H20ClNO/c1-14(2,3)16-12(13(17)10-15)9-11-7-5-4-6-8-11/h4-8,12,16H,9-10H2,1-3H3/t12-/m0/s1. The molecule has 0 heterocycles. The lowest BCUT2D eigenvalue weighted by molar-refractivity contribution is -0.119. The van der Waals surface area contributed by atoms with Crippen LogP contribution in [0.5, 0.6) is 0 Å². The molecule has 94 valence electrons. The van der Waals surface area contributed by atoms with Gasteiger partial charge in [0.2, 0.25) is 0 Å². The summed E-state index contributed by atoms with van der Waals surface area (Å²) in [5.41, 5.74) is 1.05. The number of Topliss-reactive ketones (excluding diaryl/α,β-unsaturated/α-hetero) is 1. The van der Waals surface area contributed by atoms with Crippen molar-refractivity contribution in [2.45, 2.75) is 38.8 Å². The van der Waals surface area contributed by atoms with Crippen LogP contribution in [0.3, 0.4) is 0 Å². The Hall–Kier alpha value is -0.860. The van der Waals surface area contributed by atoms with Crippen LogP contribution in [0.1, 0.15) is 26.3 Å². The van der Waals surface area contributed by atoms with E-state index in [9.17, 15) is 4.79 Å². The normalized spacial score (nSPS) is 13.4. The predicted octanol–water partition coefficient (Wildman–Crippen LogP) is 2.79. The van der Waals surface area contributed by atoms with Gasteiger partial charge in [0, 0.05) is 5.54 Å². The number of halogens is 1. The fraction of sp³-hybridized carbons (Fsp3) is 0.500. The number of ketones is 1. The monoisotopic (exact) mass is 253 g/mol. The maximum atomic E-state index is 11.8. The molecule has 0 saturated carbocycles. The first kappa shape index (κ1) is 14.2. The summed E-state index contributed by atoms with van der Waals surface area (Å²) < 4.78 is 0. The van der Waals surface area contributed by atoms with Crippen molar-refractivity contribution in [3.05, 3.63) is 35.9 Å². The Balaban J connectivity index is 2.74. The summed E-state index contributed by atoms with van der Waals surface area (Å²) in [7, 11) is 0. The van der Waals surface area contributed by atoms with Crippen LogP contribution in [0.15, 0.2) is 30.3 Å². The van der Waals surface area contributed by atoms with Gasteiger partial charge < -0.3 is 5.32 Å². The fourth-order valence-electron chi connectivity index (χ4n) is 1.71. The zero-order valence-electron chi connectivity index (χ0n) is 10.7. The molecule has 0 unspecified atom stereocenters. The Kier molecular flexibility index (Phi) is 5.16. The molecule has 1 atom stereocenters. The zero-order chi connectivity index (χ0) is 12.9. The van der Waals surface area contributed by atoms with Crippen LogP contribution < -0.4 is 5.32 Å². The van der Waals surface area contributed by atoms with E-state index in [2.05, 4.69) is 5.32 Å². The Labute approximate surface area is 108 Å². The summed E-state index contributed by atoms with van der Waals surface area (Å²) in [6, 6.07) is 9.77. The van der Waals surface area contributed by atoms with Gasteiger partial charge >= 0.3 is 0 Å². The van der Waals surface area contributed by atoms with Crippen molar-refractivity contribution < 1.29 is 4.79 Å². The highest BCUT2D eigenvalue weighted by Gasteiger charge is 2.23. The Morgan fingerprint density at radius 2 is 1.88 bits per heavy atom. The molecule has 3 heteroatoms. The molecule has 1 aromatic rings. The molecule has 0 aromatic heterocycles. The Morgan fingerprint density at radius 3 is 2.35 bits per heavy atom. The van der Waals surface area contributed by atoms with Crippen LogP contribution in [-0.4, -0.2) is 23.2 Å². The zero-order valence-corrected chi connectivity index (χ0v) is 11.4. The van der Waals surface area contributed by atoms with Crippen molar-refractivity contribution in [2.75, 3.05) is 5.88 Å². The molecule has 0 amide bonds. The summed E-state index contributed by atoms with van der Waals surface area (Å²) in [4.78, 5) is 11.8. The van der Waals surface area contributed by atoms with Gasteiger partial charge in [-0.25, -0.2) is 0 Å². The summed E-state index contributed by atoms with van der Waals surface area (Å²) in [6.07, 6.45) is 0.684. The molecule has 1 aromatic carbocycles. The minimum Gasteiger partial charge on any atom is -0.302 e. The molecule has 0 aliphatic heterocycles. The minimum atomic E-state index is -0.213. The van der Waals surface area contributed by atoms with Crippen LogP contribution in [0.2, 0.25) is 0 Å². The Morgan fingerprint density at radius 1 is 1.29 bits per heavy atom. The summed E-state index contributed by atoms with van der Waals surface area (Å²) in [5, 5.41) is 3.32. The smallest absolute Gasteiger partial charge is 0.164 e. The van der Waals surface area contributed by atoms with E-state index >= 15 is 0 Å². The van der Waals surface area contributed by atoms with Crippen LogP contribution >= 0.6 is 11.6 Å². The second-order valence-electron chi connectivity index (χ2n) is 5.24. The highest BCUT2D eigenvalue weighted by atomic mass is 35.5. The lowest BCUT2D eigenvalue weighted by Crippen LogP contribution is -2.49. The first-order valence-electron chi connectivity index (χ1n) is 5.82. The van der Waals surface area contributed by atoms with Crippen molar-refractivity contribution in [2.24, 2.45) is 0 Å². The average molecular weight is 254 g/mol. The second kappa shape index (κ2) is 6.18. The third-order valence-electron chi connectivity index (χ3n) is 2.41. The van der Waals surface area contributed by atoms with Crippen molar-refractivity contribution in [3.8, 4) is 0 Å². The van der Waals surface area contributed by atoms with E-state index in [1.54, 1.807) is 0 Å². The molecule has 0 aliphatic carbocycles. The number of carbonyl (C=O) groups excluding carboxylic acids is 1. The van der Waals surface area contributed by atoms with E-state index in [0.717, 1.165) is 5.56 Å². The van der Waals surface area contributed by atoms with E-state index in [-0.39, 0.29) is 23.2 Å². The molecular formula is C14H20ClNO. The SMILES string of the molecule is CC(C)(C)N[C@@H](Cc1ccccc1)C(=O)CCl. The van der Waals surface area contributed by atoms with Crippen LogP contribution in [0.4, 0.5) is 0 Å². The molecule has 1 N–H and O–H groups in total. The minimum absolute atomic E-state index is 0.0467. The number of hydrogen-bond acceptors (Lipinski definition) is 2. The van der Waals surface area contributed by atoms with Gasteiger partial charge in [-0.15, -0.1) is 11.6 Å². The third kappa shape index (κ3) is 5.33. The van der Waals surface area contributed by atoms with Gasteiger partial charge in [-0.1, -0.05) is 30.3 Å². The van der Waals surface area contributed by atoms with Crippen LogP contribution in [0, 0.1) is 0 Å². The average Bonchev–Trinajstić information content (AvgIpc) is 2.27. The van der Waals surface area contributed by atoms with Gasteiger partial charge in [-0.3, -0.25) is 4.79 Å². The number of hydrogen-bond donors (Lipinski definition) is 1. The van der Waals surface area contributed by atoms with Gasteiger partial charge in [-0.05, 0) is 32.8 Å². The van der Waals surface area contributed by atoms with Gasteiger partial charge in [0.1, 0.15) is 0 Å². The van der Waals surface area contributed by atoms with E-state index < -0.39 is 0 Å². The number of rotatable bonds is 5. The second-order valence-corrected chi connectivity index (χ2v) is 5.50. The first-order chi connectivity index (χ1) is 7.92. The highest BCUT2D eigenvalue weighted by molar-refractivity contribution is 6.28. The fourth-order valence-corrected chi connectivity index (χ4v) is 1.90. The predicted molar refractivity (Wildman–Crippen MR) is 72.5 cm³/mol. The topological polar surface area (TPSA) is 29.1 Å². The number of alkyl halides is 1. The molecule has 0 bridgehead atoms. The summed E-state index contributed by atoms with van der Waals surface area (Å²) >= 11 is 5.65. The maximum absolute atomic E-state index is 11.8. The summed E-state index contributed by atoms with van der Waals surface area (Å²) in [6.45, 7) is 6.14. The number of nitrogens with one attached hydrogen (secondary N) is 1. The van der Waals surface area contributed by atoms with Crippen molar-refractivity contribution in [1.82, 2.24) is 5.32 Å². The van der Waals surface area contributed by atoms with Crippen LogP contribution in [-0.2, 0) is 11.2 Å². The van der Waals surface area contributed by atoms with Gasteiger partial charge in [0.05, 0.1) is 11.9 Å². The van der Waals surface area contributed by atoms with Crippen molar-refractivity contribution in [1.29, 1.82) is 0 Å². The number of benzene rings is 1. The van der Waals surface area contributed by atoms with E-state index in [1.165, 1.54) is 0 Å². The van der Waals surface area contributed by atoms with E-state index in [0.29, 0.717) is 6.42 Å². The first-order valence-corrected chi connectivity index (χ1v) is 6.36. The molecule has 1 rings (SSSR count). The van der Waals surface area contributed by atoms with Crippen molar-refractivity contribution >= 4 is 17.4 Å². The van der Waals surface area contributed by atoms with Gasteiger partial charge in [-0.2, -0.15) is 0 Å². The largest absolute Gasteiger partial charge is 0.302 e. The van der Waals surface area contributed by atoms with Gasteiger partial charge in [0.15, 0.2) is 5.78 Å². The molecule has 0 spiro atoms. The maximum Gasteiger partial charge on any atom is 0.164 e. The lowest BCUT2D eigenvalue weighted by Gasteiger charge is -2.27. The molecule has 0 radical (unpaired) electrons. The quantitative estimate of drug-likeness (QED) is 0.818. The Bertz CT molecular complexity index is 356. The molecule has 0 fully saturated rings. The molecule has 2 nitrogen and oxygen atoms in total. The van der Waals surface area contributed by atoms with Gasteiger partial charge in [0.25, 0.3) is 0 Å². The molecule has 0 saturated heterocycles. The molecular weight excluding hydrogens is 234 g/mol. The lowest BCUT2D eigenvalue weighted by atomic mass is 9.99. The van der Waals surface area contributed by atoms with E-state index in [1.807, 2.05) is 51.1 Å². The molecule has 0 aliphatic rings. The summed E-state index contributed by atoms with van der Waals surface area (Å²) in [5.74, 6) is 0.103. The van der Waals surface area contributed by atoms with E-state index in [4.69, 9.17) is 11.6 Å². The number of carbonyl (C=O) groups is 1. The third-order valence-corrected chi connectivity index (χ3v) is 2.67. The van der Waals surface area contributed by atoms with Crippen LogP contribution in [0.25, 0.3) is 0 Å². The molecule has 17 heavy (non-hydrogen) atoms. The van der Waals surface area contributed by atoms with Crippen molar-refractivity contribution in [3.63, 3.8) is 0 Å². The highest BCUT2D eigenvalue weighted by Crippen LogP contribution is 2.09.